The molecule has 3 nitrogen and oxygen atoms in total. The van der Waals surface area contributed by atoms with Crippen molar-refractivity contribution in [1.82, 2.24) is 10.6 Å². The van der Waals surface area contributed by atoms with E-state index in [1.165, 1.54) is 24.8 Å². The minimum absolute atomic E-state index is 0.196. The number of carbonyl (C=O) groups is 1. The van der Waals surface area contributed by atoms with Crippen LogP contribution < -0.4 is 10.6 Å². The van der Waals surface area contributed by atoms with Gasteiger partial charge in [0, 0.05) is 24.4 Å². The first kappa shape index (κ1) is 12.7. The molecule has 19 heavy (non-hydrogen) atoms. The molecule has 3 rings (SSSR count). The molecule has 0 spiro atoms. The standard InChI is InChI=1S/C16H22N2O/c19-15(11-14-7-4-10-17-14)18-12-16(8-9-16)13-5-2-1-3-6-13/h1-3,5-6,14,17H,4,7-12H2,(H,18,19). The average Bonchev–Trinajstić information content (AvgIpc) is 3.08. The highest BCUT2D eigenvalue weighted by molar-refractivity contribution is 5.76. The first-order chi connectivity index (χ1) is 9.28. The van der Waals surface area contributed by atoms with Gasteiger partial charge in [-0.05, 0) is 37.8 Å². The van der Waals surface area contributed by atoms with Crippen molar-refractivity contribution in [3.63, 3.8) is 0 Å². The molecule has 0 radical (unpaired) electrons. The van der Waals surface area contributed by atoms with E-state index >= 15 is 0 Å². The summed E-state index contributed by atoms with van der Waals surface area (Å²) in [6.45, 7) is 1.86. The fourth-order valence-electron chi connectivity index (χ4n) is 3.00. The third kappa shape index (κ3) is 2.98. The van der Waals surface area contributed by atoms with E-state index in [0.717, 1.165) is 19.5 Å². The molecule has 1 saturated heterocycles. The van der Waals surface area contributed by atoms with Gasteiger partial charge < -0.3 is 10.6 Å². The highest BCUT2D eigenvalue weighted by Gasteiger charge is 2.44. The Labute approximate surface area is 114 Å². The van der Waals surface area contributed by atoms with Gasteiger partial charge in [-0.15, -0.1) is 0 Å². The summed E-state index contributed by atoms with van der Waals surface area (Å²) in [4.78, 5) is 12.0. The molecule has 1 aliphatic carbocycles. The van der Waals surface area contributed by atoms with Crippen LogP contribution in [-0.4, -0.2) is 25.0 Å². The van der Waals surface area contributed by atoms with Crippen molar-refractivity contribution in [2.75, 3.05) is 13.1 Å². The molecule has 1 aliphatic heterocycles. The SMILES string of the molecule is O=C(CC1CCCN1)NCC1(c2ccccc2)CC1. The molecule has 1 saturated carbocycles. The van der Waals surface area contributed by atoms with Crippen LogP contribution in [0.15, 0.2) is 30.3 Å². The van der Waals surface area contributed by atoms with E-state index in [4.69, 9.17) is 0 Å². The second-order valence-corrected chi connectivity index (χ2v) is 5.92. The van der Waals surface area contributed by atoms with Crippen LogP contribution in [0, 0.1) is 0 Å². The molecule has 0 aromatic heterocycles. The summed E-state index contributed by atoms with van der Waals surface area (Å²) in [5.41, 5.74) is 1.59. The van der Waals surface area contributed by atoms with E-state index in [9.17, 15) is 4.79 Å². The molecule has 1 aromatic rings. The van der Waals surface area contributed by atoms with Crippen molar-refractivity contribution in [3.8, 4) is 0 Å². The van der Waals surface area contributed by atoms with Gasteiger partial charge in [0.1, 0.15) is 0 Å². The second-order valence-electron chi connectivity index (χ2n) is 5.92. The lowest BCUT2D eigenvalue weighted by Crippen LogP contribution is -2.36. The topological polar surface area (TPSA) is 41.1 Å². The maximum atomic E-state index is 12.0. The summed E-state index contributed by atoms with van der Waals surface area (Å²) in [6.07, 6.45) is 5.35. The fraction of sp³-hybridized carbons (Fsp3) is 0.562. The van der Waals surface area contributed by atoms with Gasteiger partial charge in [0.2, 0.25) is 5.91 Å². The Morgan fingerprint density at radius 3 is 2.74 bits per heavy atom. The van der Waals surface area contributed by atoms with Gasteiger partial charge in [0.05, 0.1) is 0 Å². The zero-order valence-electron chi connectivity index (χ0n) is 11.3. The van der Waals surface area contributed by atoms with Gasteiger partial charge in [0.25, 0.3) is 0 Å². The molecule has 2 fully saturated rings. The lowest BCUT2D eigenvalue weighted by Gasteiger charge is -2.17. The van der Waals surface area contributed by atoms with E-state index in [1.54, 1.807) is 0 Å². The lowest BCUT2D eigenvalue weighted by atomic mass is 9.96. The monoisotopic (exact) mass is 258 g/mol. The molecule has 1 atom stereocenters. The van der Waals surface area contributed by atoms with Crippen LogP contribution in [-0.2, 0) is 10.2 Å². The van der Waals surface area contributed by atoms with Crippen LogP contribution in [0.2, 0.25) is 0 Å². The molecule has 2 aliphatic rings. The van der Waals surface area contributed by atoms with Crippen LogP contribution >= 0.6 is 0 Å². The van der Waals surface area contributed by atoms with Gasteiger partial charge in [-0.1, -0.05) is 30.3 Å². The maximum Gasteiger partial charge on any atom is 0.221 e. The Morgan fingerprint density at radius 2 is 2.11 bits per heavy atom. The van der Waals surface area contributed by atoms with Crippen LogP contribution in [0.3, 0.4) is 0 Å². The Hall–Kier alpha value is -1.35. The van der Waals surface area contributed by atoms with Crippen LogP contribution in [0.4, 0.5) is 0 Å². The lowest BCUT2D eigenvalue weighted by molar-refractivity contribution is -0.121. The van der Waals surface area contributed by atoms with Crippen LogP contribution in [0.5, 0.6) is 0 Å². The third-order valence-electron chi connectivity index (χ3n) is 4.46. The van der Waals surface area contributed by atoms with E-state index in [-0.39, 0.29) is 11.3 Å². The second kappa shape index (κ2) is 5.33. The predicted octanol–water partition coefficient (Wildman–Crippen LogP) is 1.98. The number of benzene rings is 1. The molecule has 2 N–H and O–H groups in total. The summed E-state index contributed by atoms with van der Waals surface area (Å²) in [6, 6.07) is 11.0. The number of hydrogen-bond acceptors (Lipinski definition) is 2. The van der Waals surface area contributed by atoms with Crippen LogP contribution in [0.25, 0.3) is 0 Å². The van der Waals surface area contributed by atoms with Crippen molar-refractivity contribution < 1.29 is 4.79 Å². The Kier molecular flexibility index (Phi) is 3.56. The number of nitrogens with one attached hydrogen (secondary N) is 2. The molecule has 1 amide bonds. The van der Waals surface area contributed by atoms with E-state index < -0.39 is 0 Å². The molecule has 3 heteroatoms. The van der Waals surface area contributed by atoms with Gasteiger partial charge >= 0.3 is 0 Å². The fourth-order valence-corrected chi connectivity index (χ4v) is 3.00. The van der Waals surface area contributed by atoms with Gasteiger partial charge in [0.15, 0.2) is 0 Å². The molecule has 1 aromatic carbocycles. The summed E-state index contributed by atoms with van der Waals surface area (Å²) >= 11 is 0. The smallest absolute Gasteiger partial charge is 0.221 e. The normalized spacial score (nSPS) is 24.1. The summed E-state index contributed by atoms with van der Waals surface area (Å²) in [5.74, 6) is 0.196. The van der Waals surface area contributed by atoms with Crippen molar-refractivity contribution >= 4 is 5.91 Å². The summed E-state index contributed by atoms with van der Waals surface area (Å²) < 4.78 is 0. The molecular weight excluding hydrogens is 236 g/mol. The van der Waals surface area contributed by atoms with E-state index in [0.29, 0.717) is 12.5 Å². The Balaban J connectivity index is 1.50. The van der Waals surface area contributed by atoms with Crippen LogP contribution in [0.1, 0.15) is 37.7 Å². The minimum atomic E-state index is 0.196. The van der Waals surface area contributed by atoms with Gasteiger partial charge in [-0.2, -0.15) is 0 Å². The highest BCUT2D eigenvalue weighted by atomic mass is 16.1. The third-order valence-corrected chi connectivity index (χ3v) is 4.46. The summed E-state index contributed by atoms with van der Waals surface area (Å²) in [7, 11) is 0. The molecule has 102 valence electrons. The minimum Gasteiger partial charge on any atom is -0.355 e. The number of hydrogen-bond donors (Lipinski definition) is 2. The molecule has 0 bridgehead atoms. The van der Waals surface area contributed by atoms with Crippen molar-refractivity contribution in [2.24, 2.45) is 0 Å². The number of carbonyl (C=O) groups excluding carboxylic acids is 1. The van der Waals surface area contributed by atoms with E-state index in [2.05, 4.69) is 34.9 Å². The first-order valence-electron chi connectivity index (χ1n) is 7.34. The molecular formula is C16H22N2O. The zero-order chi connectivity index (χ0) is 13.1. The van der Waals surface area contributed by atoms with Crippen molar-refractivity contribution in [2.45, 2.75) is 43.6 Å². The molecule has 1 heterocycles. The predicted molar refractivity (Wildman–Crippen MR) is 76.0 cm³/mol. The largest absolute Gasteiger partial charge is 0.355 e. The number of rotatable bonds is 5. The van der Waals surface area contributed by atoms with Crippen molar-refractivity contribution in [1.29, 1.82) is 0 Å². The highest BCUT2D eigenvalue weighted by Crippen LogP contribution is 2.47. The zero-order valence-corrected chi connectivity index (χ0v) is 11.3. The Bertz CT molecular complexity index is 433. The quantitative estimate of drug-likeness (QED) is 0.848. The Morgan fingerprint density at radius 1 is 1.32 bits per heavy atom. The maximum absolute atomic E-state index is 12.0. The first-order valence-corrected chi connectivity index (χ1v) is 7.34. The van der Waals surface area contributed by atoms with Gasteiger partial charge in [-0.3, -0.25) is 4.79 Å². The van der Waals surface area contributed by atoms with Gasteiger partial charge in [-0.25, -0.2) is 0 Å². The number of amides is 1. The van der Waals surface area contributed by atoms with Crippen molar-refractivity contribution in [3.05, 3.63) is 35.9 Å². The van der Waals surface area contributed by atoms with E-state index in [1.807, 2.05) is 6.07 Å². The summed E-state index contributed by atoms with van der Waals surface area (Å²) in [5, 5.41) is 6.50. The molecule has 1 unspecified atom stereocenters. The average molecular weight is 258 g/mol.